The predicted octanol–water partition coefficient (Wildman–Crippen LogP) is 3.48. The van der Waals surface area contributed by atoms with E-state index in [0.29, 0.717) is 17.4 Å². The van der Waals surface area contributed by atoms with Crippen LogP contribution in [0.3, 0.4) is 0 Å². The highest BCUT2D eigenvalue weighted by Crippen LogP contribution is 2.30. The average molecular weight is 276 g/mol. The fourth-order valence-electron chi connectivity index (χ4n) is 2.10. The quantitative estimate of drug-likeness (QED) is 0.752. The summed E-state index contributed by atoms with van der Waals surface area (Å²) in [6.45, 7) is 0.382. The standard InChI is InChI=1S/C14H11ClFN3/c15-9-4-2-5-10(16)12(9)14-18-11-6-1-3-8(7-17)13(11)19-14/h1-6H,7,17H2,(H,18,19). The van der Waals surface area contributed by atoms with Gasteiger partial charge in [-0.05, 0) is 23.8 Å². The van der Waals surface area contributed by atoms with Crippen molar-refractivity contribution >= 4 is 22.6 Å². The van der Waals surface area contributed by atoms with Crippen molar-refractivity contribution in [2.75, 3.05) is 0 Å². The van der Waals surface area contributed by atoms with Gasteiger partial charge in [0.1, 0.15) is 11.6 Å². The minimum Gasteiger partial charge on any atom is -0.338 e. The molecule has 0 saturated carbocycles. The number of nitrogens with two attached hydrogens (primary N) is 1. The van der Waals surface area contributed by atoms with Gasteiger partial charge in [0.05, 0.1) is 21.6 Å². The zero-order valence-corrected chi connectivity index (χ0v) is 10.7. The Morgan fingerprint density at radius 2 is 2.00 bits per heavy atom. The average Bonchev–Trinajstić information content (AvgIpc) is 2.81. The lowest BCUT2D eigenvalue weighted by molar-refractivity contribution is 0.630. The van der Waals surface area contributed by atoms with Gasteiger partial charge in [-0.25, -0.2) is 9.37 Å². The Bertz CT molecular complexity index is 731. The van der Waals surface area contributed by atoms with Gasteiger partial charge in [0, 0.05) is 6.54 Å². The van der Waals surface area contributed by atoms with Crippen LogP contribution in [0.15, 0.2) is 36.4 Å². The molecule has 0 aliphatic rings. The summed E-state index contributed by atoms with van der Waals surface area (Å²) in [4.78, 5) is 7.49. The topological polar surface area (TPSA) is 54.7 Å². The van der Waals surface area contributed by atoms with Crippen LogP contribution < -0.4 is 5.73 Å². The third-order valence-corrected chi connectivity index (χ3v) is 3.33. The molecule has 0 bridgehead atoms. The summed E-state index contributed by atoms with van der Waals surface area (Å²) < 4.78 is 13.9. The normalized spacial score (nSPS) is 11.1. The van der Waals surface area contributed by atoms with Crippen LogP contribution in [0, 0.1) is 5.82 Å². The van der Waals surface area contributed by atoms with Crippen molar-refractivity contribution in [3.63, 3.8) is 0 Å². The molecular formula is C14H11ClFN3. The summed E-state index contributed by atoms with van der Waals surface area (Å²) in [7, 11) is 0. The zero-order chi connectivity index (χ0) is 13.4. The first kappa shape index (κ1) is 12.1. The molecule has 0 amide bonds. The molecule has 96 valence electrons. The number of para-hydroxylation sites is 1. The summed E-state index contributed by atoms with van der Waals surface area (Å²) in [6.07, 6.45) is 0. The molecule has 0 aliphatic heterocycles. The van der Waals surface area contributed by atoms with E-state index in [-0.39, 0.29) is 5.56 Å². The molecule has 1 heterocycles. The van der Waals surface area contributed by atoms with E-state index in [0.717, 1.165) is 16.6 Å². The summed E-state index contributed by atoms with van der Waals surface area (Å²) in [5.41, 5.74) is 8.43. The largest absolute Gasteiger partial charge is 0.338 e. The molecule has 5 heteroatoms. The summed E-state index contributed by atoms with van der Waals surface area (Å²) in [6, 6.07) is 10.2. The number of nitrogens with zero attached hydrogens (tertiary/aromatic N) is 1. The molecule has 0 unspecified atom stereocenters. The van der Waals surface area contributed by atoms with Crippen molar-refractivity contribution in [2.24, 2.45) is 5.73 Å². The van der Waals surface area contributed by atoms with Crippen molar-refractivity contribution in [2.45, 2.75) is 6.54 Å². The van der Waals surface area contributed by atoms with Crippen LogP contribution in [0.5, 0.6) is 0 Å². The number of imidazole rings is 1. The van der Waals surface area contributed by atoms with Crippen molar-refractivity contribution in [1.29, 1.82) is 0 Å². The first-order chi connectivity index (χ1) is 9.20. The lowest BCUT2D eigenvalue weighted by Gasteiger charge is -2.01. The molecule has 2 aromatic carbocycles. The smallest absolute Gasteiger partial charge is 0.142 e. The van der Waals surface area contributed by atoms with Crippen LogP contribution in [-0.4, -0.2) is 9.97 Å². The summed E-state index contributed by atoms with van der Waals surface area (Å²) in [5.74, 6) is 0.0138. The van der Waals surface area contributed by atoms with Gasteiger partial charge in [0.2, 0.25) is 0 Å². The Hall–Kier alpha value is -1.91. The number of hydrogen-bond donors (Lipinski definition) is 2. The molecule has 19 heavy (non-hydrogen) atoms. The lowest BCUT2D eigenvalue weighted by Crippen LogP contribution is -1.96. The second kappa shape index (κ2) is 4.64. The maximum absolute atomic E-state index is 13.9. The zero-order valence-electron chi connectivity index (χ0n) is 9.95. The van der Waals surface area contributed by atoms with E-state index in [1.807, 2.05) is 18.2 Å². The van der Waals surface area contributed by atoms with Gasteiger partial charge in [0.25, 0.3) is 0 Å². The molecule has 3 aromatic rings. The first-order valence-corrected chi connectivity index (χ1v) is 6.20. The Morgan fingerprint density at radius 3 is 2.74 bits per heavy atom. The molecule has 0 radical (unpaired) electrons. The molecule has 0 saturated heterocycles. The summed E-state index contributed by atoms with van der Waals surface area (Å²) in [5, 5.41) is 0.327. The van der Waals surface area contributed by atoms with Crippen molar-refractivity contribution < 1.29 is 4.39 Å². The number of rotatable bonds is 2. The van der Waals surface area contributed by atoms with E-state index >= 15 is 0 Å². The Kier molecular flexibility index (Phi) is 2.97. The van der Waals surface area contributed by atoms with Gasteiger partial charge in [-0.3, -0.25) is 0 Å². The fraction of sp³-hybridized carbons (Fsp3) is 0.0714. The number of fused-ring (bicyclic) bond motifs is 1. The van der Waals surface area contributed by atoms with Crippen LogP contribution in [0.4, 0.5) is 4.39 Å². The molecule has 0 atom stereocenters. The van der Waals surface area contributed by atoms with Gasteiger partial charge in [-0.2, -0.15) is 0 Å². The Morgan fingerprint density at radius 1 is 1.21 bits per heavy atom. The molecule has 0 spiro atoms. The fourth-order valence-corrected chi connectivity index (χ4v) is 2.35. The van der Waals surface area contributed by atoms with Crippen LogP contribution in [0.25, 0.3) is 22.4 Å². The van der Waals surface area contributed by atoms with Gasteiger partial charge >= 0.3 is 0 Å². The predicted molar refractivity (Wildman–Crippen MR) is 74.4 cm³/mol. The molecular weight excluding hydrogens is 265 g/mol. The molecule has 0 fully saturated rings. The van der Waals surface area contributed by atoms with E-state index < -0.39 is 5.82 Å². The minimum atomic E-state index is -0.402. The SMILES string of the molecule is NCc1cccc2[nH]c(-c3c(F)cccc3Cl)nc12. The maximum Gasteiger partial charge on any atom is 0.142 e. The minimum absolute atomic E-state index is 0.281. The van der Waals surface area contributed by atoms with Gasteiger partial charge < -0.3 is 10.7 Å². The van der Waals surface area contributed by atoms with Crippen LogP contribution >= 0.6 is 11.6 Å². The highest BCUT2D eigenvalue weighted by molar-refractivity contribution is 6.33. The van der Waals surface area contributed by atoms with Crippen molar-refractivity contribution in [3.05, 3.63) is 52.8 Å². The number of halogens is 2. The van der Waals surface area contributed by atoms with Crippen molar-refractivity contribution in [1.82, 2.24) is 9.97 Å². The summed E-state index contributed by atoms with van der Waals surface area (Å²) >= 11 is 6.04. The molecule has 0 aliphatic carbocycles. The van der Waals surface area contributed by atoms with Gasteiger partial charge in [-0.15, -0.1) is 0 Å². The molecule has 3 N–H and O–H groups in total. The van der Waals surface area contributed by atoms with Crippen molar-refractivity contribution in [3.8, 4) is 11.4 Å². The Balaban J connectivity index is 2.27. The number of nitrogens with one attached hydrogen (secondary N) is 1. The Labute approximate surface area is 114 Å². The third-order valence-electron chi connectivity index (χ3n) is 3.02. The number of H-pyrrole nitrogens is 1. The monoisotopic (exact) mass is 275 g/mol. The van der Waals surface area contributed by atoms with E-state index in [2.05, 4.69) is 9.97 Å². The first-order valence-electron chi connectivity index (χ1n) is 5.83. The molecule has 3 rings (SSSR count). The highest BCUT2D eigenvalue weighted by atomic mass is 35.5. The second-order valence-electron chi connectivity index (χ2n) is 4.20. The third kappa shape index (κ3) is 1.99. The van der Waals surface area contributed by atoms with Gasteiger partial charge in [0.15, 0.2) is 0 Å². The van der Waals surface area contributed by atoms with E-state index in [9.17, 15) is 4.39 Å². The number of aromatic nitrogens is 2. The molecule has 1 aromatic heterocycles. The number of hydrogen-bond acceptors (Lipinski definition) is 2. The molecule has 3 nitrogen and oxygen atoms in total. The number of aromatic amines is 1. The van der Waals surface area contributed by atoms with Gasteiger partial charge in [-0.1, -0.05) is 29.8 Å². The van der Waals surface area contributed by atoms with Crippen LogP contribution in [-0.2, 0) is 6.54 Å². The highest BCUT2D eigenvalue weighted by Gasteiger charge is 2.14. The van der Waals surface area contributed by atoms with E-state index in [1.165, 1.54) is 6.07 Å². The van der Waals surface area contributed by atoms with E-state index in [4.69, 9.17) is 17.3 Å². The lowest BCUT2D eigenvalue weighted by atomic mass is 10.2. The van der Waals surface area contributed by atoms with E-state index in [1.54, 1.807) is 12.1 Å². The number of benzene rings is 2. The second-order valence-corrected chi connectivity index (χ2v) is 4.61. The van der Waals surface area contributed by atoms with Crippen LogP contribution in [0.1, 0.15) is 5.56 Å². The van der Waals surface area contributed by atoms with Crippen LogP contribution in [0.2, 0.25) is 5.02 Å². The maximum atomic E-state index is 13.9.